The summed E-state index contributed by atoms with van der Waals surface area (Å²) in [5.41, 5.74) is 0. The first-order chi connectivity index (χ1) is 7.89. The van der Waals surface area contributed by atoms with Crippen LogP contribution in [0.15, 0.2) is 0 Å². The Balaban J connectivity index is 3.98. The average Bonchev–Trinajstić information content (AvgIpc) is 2.22. The molecule has 0 aromatic heterocycles. The Kier molecular flexibility index (Phi) is 7.03. The van der Waals surface area contributed by atoms with Crippen molar-refractivity contribution in [3.63, 3.8) is 0 Å². The molecule has 0 rings (SSSR count). The third kappa shape index (κ3) is 9.42. The first kappa shape index (κ1) is 15.5. The Morgan fingerprint density at radius 3 is 2.47 bits per heavy atom. The van der Waals surface area contributed by atoms with E-state index in [1.54, 1.807) is 0 Å². The highest BCUT2D eigenvalue weighted by Gasteiger charge is 2.30. The van der Waals surface area contributed by atoms with Crippen LogP contribution in [0.4, 0.5) is 18.0 Å². The van der Waals surface area contributed by atoms with Crippen molar-refractivity contribution < 1.29 is 41.7 Å². The van der Waals surface area contributed by atoms with E-state index in [0.717, 1.165) is 0 Å². The molecule has 0 spiro atoms. The van der Waals surface area contributed by atoms with Crippen molar-refractivity contribution in [2.45, 2.75) is 12.3 Å². The number of carbonyl (C=O) groups is 2. The second kappa shape index (κ2) is 7.71. The summed E-state index contributed by atoms with van der Waals surface area (Å²) >= 11 is 0. The lowest BCUT2D eigenvalue weighted by Crippen LogP contribution is -2.30. The van der Waals surface area contributed by atoms with Crippen LogP contribution in [0.1, 0.15) is 0 Å². The van der Waals surface area contributed by atoms with Crippen LogP contribution >= 0.6 is 0 Å². The highest BCUT2D eigenvalue weighted by Crippen LogP contribution is 2.14. The van der Waals surface area contributed by atoms with E-state index < -0.39 is 25.0 Å². The smallest absolute Gasteiger partial charge is 0.464 e. The van der Waals surface area contributed by atoms with Crippen molar-refractivity contribution in [2.75, 3.05) is 26.9 Å². The van der Waals surface area contributed by atoms with Crippen molar-refractivity contribution >= 4 is 12.6 Å². The third-order valence-electron chi connectivity index (χ3n) is 1.32. The van der Waals surface area contributed by atoms with Gasteiger partial charge in [-0.3, -0.25) is 4.79 Å². The molecule has 0 aliphatic rings. The van der Waals surface area contributed by atoms with Crippen molar-refractivity contribution in [2.24, 2.45) is 0 Å². The van der Waals surface area contributed by atoms with Gasteiger partial charge in [0.05, 0.1) is 6.61 Å². The van der Waals surface area contributed by atoms with E-state index in [2.05, 4.69) is 18.9 Å². The van der Waals surface area contributed by atoms with E-state index in [4.69, 9.17) is 0 Å². The van der Waals surface area contributed by atoms with Gasteiger partial charge in [0.1, 0.15) is 6.61 Å². The van der Waals surface area contributed by atoms with Crippen molar-refractivity contribution in [3.05, 3.63) is 0 Å². The lowest BCUT2D eigenvalue weighted by Gasteiger charge is -2.16. The number of carbonyl (C=O) groups excluding carboxylic acids is 2. The highest BCUT2D eigenvalue weighted by molar-refractivity contribution is 5.60. The first-order valence-electron chi connectivity index (χ1n) is 4.33. The second-order valence-electron chi connectivity index (χ2n) is 2.78. The molecule has 0 aliphatic heterocycles. The molecule has 1 atom stereocenters. The lowest BCUT2D eigenvalue weighted by molar-refractivity contribution is -0.168. The van der Waals surface area contributed by atoms with Gasteiger partial charge < -0.3 is 18.9 Å². The molecule has 0 bridgehead atoms. The van der Waals surface area contributed by atoms with Gasteiger partial charge in [-0.15, -0.1) is 0 Å². The highest BCUT2D eigenvalue weighted by atomic mass is 19.4. The van der Waals surface area contributed by atoms with Crippen LogP contribution in [-0.2, 0) is 23.7 Å². The van der Waals surface area contributed by atoms with Gasteiger partial charge >= 0.3 is 12.3 Å². The maximum absolute atomic E-state index is 11.7. The fraction of sp³-hybridized carbons (Fsp3) is 0.750. The molecular weight excluding hydrogens is 249 g/mol. The molecule has 0 saturated heterocycles. The van der Waals surface area contributed by atoms with Gasteiger partial charge in [-0.05, 0) is 0 Å². The van der Waals surface area contributed by atoms with E-state index in [1.807, 2.05) is 0 Å². The van der Waals surface area contributed by atoms with Gasteiger partial charge in [0.25, 0.3) is 6.47 Å². The number of hydrogen-bond donors (Lipinski definition) is 0. The Morgan fingerprint density at radius 1 is 1.35 bits per heavy atom. The van der Waals surface area contributed by atoms with Crippen LogP contribution < -0.4 is 0 Å². The van der Waals surface area contributed by atoms with Gasteiger partial charge in [0.15, 0.2) is 12.7 Å². The predicted octanol–water partition coefficient (Wildman–Crippen LogP) is 0.890. The van der Waals surface area contributed by atoms with Crippen LogP contribution in [0.5, 0.6) is 0 Å². The van der Waals surface area contributed by atoms with Crippen LogP contribution in [0.3, 0.4) is 0 Å². The average molecular weight is 260 g/mol. The number of ether oxygens (including phenoxy) is 4. The molecule has 9 heteroatoms. The number of rotatable bonds is 7. The molecule has 0 aliphatic carbocycles. The molecule has 0 aromatic rings. The summed E-state index contributed by atoms with van der Waals surface area (Å²) in [6, 6.07) is 0. The van der Waals surface area contributed by atoms with Gasteiger partial charge in [-0.25, -0.2) is 4.79 Å². The summed E-state index contributed by atoms with van der Waals surface area (Å²) in [4.78, 5) is 20.7. The van der Waals surface area contributed by atoms with E-state index in [-0.39, 0.29) is 19.7 Å². The van der Waals surface area contributed by atoms with E-state index in [9.17, 15) is 22.8 Å². The van der Waals surface area contributed by atoms with Crippen molar-refractivity contribution in [1.29, 1.82) is 0 Å². The fourth-order valence-electron chi connectivity index (χ4n) is 0.760. The van der Waals surface area contributed by atoms with Crippen LogP contribution in [0.2, 0.25) is 0 Å². The predicted molar refractivity (Wildman–Crippen MR) is 46.2 cm³/mol. The Labute approximate surface area is 94.6 Å². The number of methoxy groups -OCH3 is 1. The topological polar surface area (TPSA) is 71.1 Å². The largest absolute Gasteiger partial charge is 0.509 e. The molecule has 17 heavy (non-hydrogen) atoms. The standard InChI is InChI=1S/C8H11F3O6/c1-14-2-6(3-15-5-12)17-7(13)16-4-8(9,10)11/h5-6H,2-4H2,1H3. The zero-order valence-corrected chi connectivity index (χ0v) is 8.86. The molecule has 0 heterocycles. The monoisotopic (exact) mass is 260 g/mol. The minimum absolute atomic E-state index is 0.104. The van der Waals surface area contributed by atoms with Crippen LogP contribution in [0.25, 0.3) is 0 Å². The Morgan fingerprint density at radius 2 is 2.00 bits per heavy atom. The lowest BCUT2D eigenvalue weighted by atomic mass is 10.4. The molecule has 0 fully saturated rings. The van der Waals surface area contributed by atoms with Gasteiger partial charge in [0, 0.05) is 7.11 Å². The summed E-state index contributed by atoms with van der Waals surface area (Å²) < 4.78 is 52.1. The summed E-state index contributed by atoms with van der Waals surface area (Å²) in [5, 5.41) is 0. The Bertz CT molecular complexity index is 242. The molecule has 0 aromatic carbocycles. The van der Waals surface area contributed by atoms with Gasteiger partial charge in [-0.2, -0.15) is 13.2 Å². The van der Waals surface area contributed by atoms with Gasteiger partial charge in [0.2, 0.25) is 0 Å². The quantitative estimate of drug-likeness (QED) is 0.500. The Hall–Kier alpha value is -1.51. The van der Waals surface area contributed by atoms with E-state index >= 15 is 0 Å². The number of hydrogen-bond acceptors (Lipinski definition) is 6. The molecular formula is C8H11F3O6. The summed E-state index contributed by atoms with van der Waals surface area (Å²) in [5.74, 6) is 0. The van der Waals surface area contributed by atoms with Crippen molar-refractivity contribution in [1.82, 2.24) is 0 Å². The number of alkyl halides is 3. The normalized spacial score (nSPS) is 12.7. The molecule has 0 amide bonds. The molecule has 1 unspecified atom stereocenters. The molecule has 0 radical (unpaired) electrons. The molecule has 0 N–H and O–H groups in total. The van der Waals surface area contributed by atoms with E-state index in [0.29, 0.717) is 0 Å². The third-order valence-corrected chi connectivity index (χ3v) is 1.32. The van der Waals surface area contributed by atoms with Crippen LogP contribution in [-0.4, -0.2) is 51.8 Å². The van der Waals surface area contributed by atoms with Gasteiger partial charge in [-0.1, -0.05) is 0 Å². The zero-order valence-electron chi connectivity index (χ0n) is 8.86. The SMILES string of the molecule is COCC(COC=O)OC(=O)OCC(F)(F)F. The first-order valence-corrected chi connectivity index (χ1v) is 4.33. The van der Waals surface area contributed by atoms with Crippen LogP contribution in [0, 0.1) is 0 Å². The summed E-state index contributed by atoms with van der Waals surface area (Å²) in [6.07, 6.45) is -7.17. The minimum Gasteiger partial charge on any atom is -0.464 e. The summed E-state index contributed by atoms with van der Waals surface area (Å²) in [6.45, 7) is -2.12. The second-order valence-corrected chi connectivity index (χ2v) is 2.78. The van der Waals surface area contributed by atoms with E-state index in [1.165, 1.54) is 7.11 Å². The molecule has 6 nitrogen and oxygen atoms in total. The van der Waals surface area contributed by atoms with Crippen molar-refractivity contribution in [3.8, 4) is 0 Å². The molecule has 100 valence electrons. The minimum atomic E-state index is -4.63. The fourth-order valence-corrected chi connectivity index (χ4v) is 0.760. The maximum Gasteiger partial charge on any atom is 0.509 e. The molecule has 0 saturated carbocycles. The number of halogens is 3. The maximum atomic E-state index is 11.7. The summed E-state index contributed by atoms with van der Waals surface area (Å²) in [7, 11) is 1.28. The zero-order chi connectivity index (χ0) is 13.3.